The Morgan fingerprint density at radius 1 is 1.24 bits per heavy atom. The molecule has 0 aliphatic carbocycles. The number of ether oxygens (including phenoxy) is 1. The largest absolute Gasteiger partial charge is 0.474 e. The topological polar surface area (TPSA) is 106 Å². The fourth-order valence-corrected chi connectivity index (χ4v) is 2.92. The van der Waals surface area contributed by atoms with Crippen LogP contribution in [0.5, 0.6) is 5.88 Å². The Labute approximate surface area is 169 Å². The Hall–Kier alpha value is -3.33. The molecule has 0 aliphatic rings. The average Bonchev–Trinajstić information content (AvgIpc) is 3.28. The molecule has 0 saturated heterocycles. The highest BCUT2D eigenvalue weighted by Gasteiger charge is 2.24. The number of aromatic nitrogens is 5. The van der Waals surface area contributed by atoms with E-state index in [2.05, 4.69) is 20.2 Å². The van der Waals surface area contributed by atoms with Crippen LogP contribution in [0, 0.1) is 6.92 Å². The smallest absolute Gasteiger partial charge is 0.256 e. The van der Waals surface area contributed by atoms with Gasteiger partial charge in [-0.25, -0.2) is 4.98 Å². The molecule has 1 N–H and O–H groups in total. The lowest BCUT2D eigenvalue weighted by atomic mass is 10.1. The third-order valence-corrected chi connectivity index (χ3v) is 4.47. The molecular formula is C20H24N6O3. The summed E-state index contributed by atoms with van der Waals surface area (Å²) in [7, 11) is 0. The lowest BCUT2D eigenvalue weighted by molar-refractivity contribution is 0.0645. The van der Waals surface area contributed by atoms with Crippen molar-refractivity contribution >= 4 is 5.91 Å². The number of nitrogens with zero attached hydrogens (tertiary/aromatic N) is 6. The molecule has 1 aromatic carbocycles. The van der Waals surface area contributed by atoms with E-state index in [4.69, 9.17) is 4.74 Å². The third kappa shape index (κ3) is 4.75. The molecule has 152 valence electrons. The monoisotopic (exact) mass is 396 g/mol. The Bertz CT molecular complexity index is 943. The van der Waals surface area contributed by atoms with Crippen LogP contribution in [0.1, 0.15) is 35.5 Å². The van der Waals surface area contributed by atoms with Gasteiger partial charge >= 0.3 is 0 Å². The van der Waals surface area contributed by atoms with Gasteiger partial charge < -0.3 is 14.7 Å². The van der Waals surface area contributed by atoms with E-state index in [9.17, 15) is 9.90 Å². The van der Waals surface area contributed by atoms with E-state index in [0.29, 0.717) is 29.2 Å². The number of aliphatic hydroxyl groups excluding tert-OH is 1. The Balaban J connectivity index is 1.80. The lowest BCUT2D eigenvalue weighted by Crippen LogP contribution is -2.42. The maximum absolute atomic E-state index is 13.3. The van der Waals surface area contributed by atoms with Gasteiger partial charge in [0.1, 0.15) is 6.61 Å². The van der Waals surface area contributed by atoms with Crippen molar-refractivity contribution in [1.29, 1.82) is 0 Å². The maximum atomic E-state index is 13.3. The number of likely N-dealkylation sites (N-methyl/N-ethyl adjacent to an activating group) is 1. The fourth-order valence-electron chi connectivity index (χ4n) is 2.92. The van der Waals surface area contributed by atoms with Crippen molar-refractivity contribution in [3.63, 3.8) is 0 Å². The number of aryl methyl sites for hydroxylation is 1. The van der Waals surface area contributed by atoms with Crippen molar-refractivity contribution in [2.24, 2.45) is 0 Å². The summed E-state index contributed by atoms with van der Waals surface area (Å²) < 4.78 is 5.70. The zero-order chi connectivity index (χ0) is 20.8. The predicted octanol–water partition coefficient (Wildman–Crippen LogP) is 1.79. The van der Waals surface area contributed by atoms with E-state index in [1.54, 1.807) is 35.5 Å². The molecule has 3 rings (SSSR count). The Morgan fingerprint density at radius 2 is 2.00 bits per heavy atom. The summed E-state index contributed by atoms with van der Waals surface area (Å²) in [5.74, 6) is 0.245. The first-order chi connectivity index (χ1) is 14.0. The van der Waals surface area contributed by atoms with Crippen molar-refractivity contribution in [2.75, 3.05) is 13.2 Å². The minimum atomic E-state index is -0.202. The van der Waals surface area contributed by atoms with Crippen LogP contribution in [0.3, 0.4) is 0 Å². The number of carbonyl (C=O) groups is 1. The van der Waals surface area contributed by atoms with Crippen LogP contribution in [0.4, 0.5) is 0 Å². The number of rotatable bonds is 8. The average molecular weight is 396 g/mol. The van der Waals surface area contributed by atoms with Crippen molar-refractivity contribution < 1.29 is 14.6 Å². The van der Waals surface area contributed by atoms with Crippen molar-refractivity contribution in [3.8, 4) is 11.6 Å². The van der Waals surface area contributed by atoms with Gasteiger partial charge in [0.15, 0.2) is 0 Å². The highest BCUT2D eigenvalue weighted by molar-refractivity contribution is 5.98. The van der Waals surface area contributed by atoms with Gasteiger partial charge in [0, 0.05) is 6.54 Å². The molecule has 1 amide bonds. The normalized spacial score (nSPS) is 11.9. The predicted molar refractivity (Wildman–Crippen MR) is 106 cm³/mol. The second-order valence-corrected chi connectivity index (χ2v) is 6.58. The fraction of sp³-hybridized carbons (Fsp3) is 0.350. The minimum absolute atomic E-state index is 0.137. The Morgan fingerprint density at radius 3 is 2.62 bits per heavy atom. The molecule has 2 heterocycles. The molecule has 2 aromatic heterocycles. The van der Waals surface area contributed by atoms with Crippen LogP contribution in [0.2, 0.25) is 0 Å². The quantitative estimate of drug-likeness (QED) is 0.619. The summed E-state index contributed by atoms with van der Waals surface area (Å²) in [6, 6.07) is 4.92. The van der Waals surface area contributed by atoms with Crippen LogP contribution in [-0.4, -0.2) is 60.1 Å². The van der Waals surface area contributed by atoms with Gasteiger partial charge in [0.25, 0.3) is 5.91 Å². The molecule has 3 aromatic rings. The van der Waals surface area contributed by atoms with Crippen LogP contribution < -0.4 is 4.74 Å². The lowest BCUT2D eigenvalue weighted by Gasteiger charge is -2.28. The van der Waals surface area contributed by atoms with Gasteiger partial charge in [-0.05, 0) is 38.5 Å². The highest BCUT2D eigenvalue weighted by Crippen LogP contribution is 2.19. The van der Waals surface area contributed by atoms with E-state index in [1.165, 1.54) is 17.2 Å². The van der Waals surface area contributed by atoms with Crippen LogP contribution in [0.25, 0.3) is 5.69 Å². The summed E-state index contributed by atoms with van der Waals surface area (Å²) in [4.78, 5) is 24.7. The van der Waals surface area contributed by atoms with Crippen LogP contribution >= 0.6 is 0 Å². The SMILES string of the molecule is CCN(C(=O)c1ccc(CO)cc1-n1nccn1)[C@@H](C)COc1cnc(C)cn1. The molecule has 1 atom stereocenters. The molecule has 0 aliphatic heterocycles. The highest BCUT2D eigenvalue weighted by atomic mass is 16.5. The van der Waals surface area contributed by atoms with Crippen molar-refractivity contribution in [3.05, 3.63) is 59.8 Å². The van der Waals surface area contributed by atoms with Gasteiger partial charge in [-0.15, -0.1) is 0 Å². The molecule has 0 radical (unpaired) electrons. The number of benzene rings is 1. The molecule has 0 unspecified atom stereocenters. The first kappa shape index (κ1) is 20.4. The molecule has 29 heavy (non-hydrogen) atoms. The molecular weight excluding hydrogens is 372 g/mol. The second kappa shape index (κ2) is 9.24. The summed E-state index contributed by atoms with van der Waals surface area (Å²) in [5.41, 5.74) is 2.44. The summed E-state index contributed by atoms with van der Waals surface area (Å²) in [6.07, 6.45) is 6.27. The maximum Gasteiger partial charge on any atom is 0.256 e. The standard InChI is InChI=1S/C20H24N6O3/c1-4-25(15(3)13-29-19-11-21-14(2)10-22-19)20(28)17-6-5-16(12-27)9-18(17)26-23-7-8-24-26/h5-11,15,27H,4,12-13H2,1-3H3/t15-/m0/s1. The van der Waals surface area contributed by atoms with Gasteiger partial charge in [-0.3, -0.25) is 9.78 Å². The summed E-state index contributed by atoms with van der Waals surface area (Å²) >= 11 is 0. The minimum Gasteiger partial charge on any atom is -0.474 e. The van der Waals surface area contributed by atoms with E-state index in [-0.39, 0.29) is 25.2 Å². The van der Waals surface area contributed by atoms with Crippen LogP contribution in [-0.2, 0) is 6.61 Å². The van der Waals surface area contributed by atoms with Gasteiger partial charge in [0.05, 0.1) is 54.4 Å². The van der Waals surface area contributed by atoms with Crippen molar-refractivity contribution in [2.45, 2.75) is 33.4 Å². The number of hydrogen-bond acceptors (Lipinski definition) is 7. The van der Waals surface area contributed by atoms with Crippen LogP contribution in [0.15, 0.2) is 43.0 Å². The number of carbonyl (C=O) groups excluding carboxylic acids is 1. The molecule has 0 bridgehead atoms. The van der Waals surface area contributed by atoms with Gasteiger partial charge in [-0.2, -0.15) is 15.0 Å². The van der Waals surface area contributed by atoms with Crippen molar-refractivity contribution in [1.82, 2.24) is 29.9 Å². The first-order valence-electron chi connectivity index (χ1n) is 9.36. The molecule has 9 heteroatoms. The third-order valence-electron chi connectivity index (χ3n) is 4.47. The van der Waals surface area contributed by atoms with E-state index >= 15 is 0 Å². The number of aliphatic hydroxyl groups is 1. The van der Waals surface area contributed by atoms with E-state index in [0.717, 1.165) is 5.69 Å². The summed E-state index contributed by atoms with van der Waals surface area (Å²) in [5, 5.41) is 17.7. The molecule has 0 saturated carbocycles. The van der Waals surface area contributed by atoms with Gasteiger partial charge in [-0.1, -0.05) is 6.07 Å². The van der Waals surface area contributed by atoms with E-state index in [1.807, 2.05) is 20.8 Å². The Kier molecular flexibility index (Phi) is 6.50. The number of amides is 1. The molecule has 0 fully saturated rings. The zero-order valence-corrected chi connectivity index (χ0v) is 16.7. The second-order valence-electron chi connectivity index (χ2n) is 6.58. The summed E-state index contributed by atoms with van der Waals surface area (Å²) in [6.45, 7) is 6.32. The van der Waals surface area contributed by atoms with Gasteiger partial charge in [0.2, 0.25) is 5.88 Å². The van der Waals surface area contributed by atoms with E-state index < -0.39 is 0 Å². The molecule has 9 nitrogen and oxygen atoms in total. The molecule has 0 spiro atoms. The first-order valence-corrected chi connectivity index (χ1v) is 9.36. The number of hydrogen-bond donors (Lipinski definition) is 1. The zero-order valence-electron chi connectivity index (χ0n) is 16.7.